The van der Waals surface area contributed by atoms with Gasteiger partial charge in [0.05, 0.1) is 17.7 Å². The summed E-state index contributed by atoms with van der Waals surface area (Å²) < 4.78 is 77.1. The third-order valence-electron chi connectivity index (χ3n) is 3.05. The Morgan fingerprint density at radius 2 is 1.54 bits per heavy atom. The molecule has 1 amide bonds. The fraction of sp³-hybridized carbons (Fsp3) is 0.267. The molecule has 130 valence electrons. The number of halogens is 6. The Labute approximate surface area is 137 Å². The van der Waals surface area contributed by atoms with Crippen LogP contribution in [0.25, 0.3) is 10.4 Å². The second-order valence-corrected chi connectivity index (χ2v) is 6.14. The van der Waals surface area contributed by atoms with Gasteiger partial charge in [-0.15, -0.1) is 11.3 Å². The van der Waals surface area contributed by atoms with Crippen LogP contribution >= 0.6 is 11.3 Å². The zero-order valence-corrected chi connectivity index (χ0v) is 13.0. The summed E-state index contributed by atoms with van der Waals surface area (Å²) in [5.41, 5.74) is -2.88. The van der Waals surface area contributed by atoms with E-state index in [4.69, 9.17) is 0 Å². The fourth-order valence-corrected chi connectivity index (χ4v) is 2.87. The van der Waals surface area contributed by atoms with Crippen molar-refractivity contribution in [2.24, 2.45) is 0 Å². The van der Waals surface area contributed by atoms with Gasteiger partial charge in [0.1, 0.15) is 0 Å². The van der Waals surface area contributed by atoms with Crippen LogP contribution in [0.5, 0.6) is 0 Å². The molecule has 2 aromatic rings. The highest BCUT2D eigenvalue weighted by Gasteiger charge is 2.37. The molecule has 0 spiro atoms. The largest absolute Gasteiger partial charge is 0.416 e. The van der Waals surface area contributed by atoms with Gasteiger partial charge < -0.3 is 5.32 Å². The molecular formula is C15H11F6NOS. The normalized spacial score (nSPS) is 12.3. The minimum absolute atomic E-state index is 0.0926. The van der Waals surface area contributed by atoms with E-state index in [1.165, 1.54) is 13.0 Å². The Balaban J connectivity index is 2.44. The molecule has 24 heavy (non-hydrogen) atoms. The summed E-state index contributed by atoms with van der Waals surface area (Å²) >= 11 is 1.02. The van der Waals surface area contributed by atoms with Crippen molar-refractivity contribution in [1.29, 1.82) is 0 Å². The summed E-state index contributed by atoms with van der Waals surface area (Å²) in [4.78, 5) is 11.7. The van der Waals surface area contributed by atoms with Crippen molar-refractivity contribution in [3.05, 3.63) is 46.3 Å². The van der Waals surface area contributed by atoms with E-state index in [1.807, 2.05) is 0 Å². The predicted octanol–water partition coefficient (Wildman–Crippen LogP) is 5.09. The SMILES string of the molecule is CC(=O)NCc1ccc(-c2cc(C(F)(F)F)cc(C(F)(F)F)c2)s1. The van der Waals surface area contributed by atoms with Crippen molar-refractivity contribution < 1.29 is 31.1 Å². The minimum Gasteiger partial charge on any atom is -0.351 e. The fourth-order valence-electron chi connectivity index (χ4n) is 1.94. The molecule has 1 aromatic heterocycles. The Kier molecular flexibility index (Phi) is 4.93. The van der Waals surface area contributed by atoms with Crippen LogP contribution in [0.15, 0.2) is 30.3 Å². The lowest BCUT2D eigenvalue weighted by Crippen LogP contribution is -2.17. The molecule has 9 heteroatoms. The lowest BCUT2D eigenvalue weighted by Gasteiger charge is -2.13. The van der Waals surface area contributed by atoms with Crippen LogP contribution in [-0.4, -0.2) is 5.91 Å². The number of nitrogens with one attached hydrogen (secondary N) is 1. The summed E-state index contributed by atoms with van der Waals surface area (Å²) in [5.74, 6) is -0.289. The zero-order valence-electron chi connectivity index (χ0n) is 12.2. The van der Waals surface area contributed by atoms with Crippen molar-refractivity contribution in [2.45, 2.75) is 25.8 Å². The molecule has 1 N–H and O–H groups in total. The monoisotopic (exact) mass is 367 g/mol. The summed E-state index contributed by atoms with van der Waals surface area (Å²) in [5, 5.41) is 2.51. The number of benzene rings is 1. The summed E-state index contributed by atoms with van der Waals surface area (Å²) in [6.45, 7) is 1.46. The molecule has 2 nitrogen and oxygen atoms in total. The molecule has 0 aliphatic heterocycles. The van der Waals surface area contributed by atoms with Gasteiger partial charge in [0.15, 0.2) is 0 Å². The minimum atomic E-state index is -4.88. The number of thiophene rings is 1. The Hall–Kier alpha value is -2.03. The van der Waals surface area contributed by atoms with Gasteiger partial charge in [-0.25, -0.2) is 0 Å². The van der Waals surface area contributed by atoms with Crippen molar-refractivity contribution in [3.63, 3.8) is 0 Å². The molecule has 0 unspecified atom stereocenters. The Morgan fingerprint density at radius 3 is 2.00 bits per heavy atom. The molecule has 1 heterocycles. The number of carbonyl (C=O) groups excluding carboxylic acids is 1. The summed E-state index contributed by atoms with van der Waals surface area (Å²) in [6.07, 6.45) is -9.77. The molecule has 0 atom stereocenters. The molecule has 0 aliphatic rings. The standard InChI is InChI=1S/C15H11F6NOS/c1-8(23)22-7-12-2-3-13(24-12)9-4-10(14(16,17)18)6-11(5-9)15(19,20)21/h2-6H,7H2,1H3,(H,22,23). The first kappa shape index (κ1) is 18.3. The first-order valence-electron chi connectivity index (χ1n) is 6.60. The molecule has 0 bridgehead atoms. The molecule has 2 rings (SSSR count). The number of amides is 1. The van der Waals surface area contributed by atoms with Gasteiger partial charge in [0.25, 0.3) is 0 Å². The number of alkyl halides is 6. The van der Waals surface area contributed by atoms with Gasteiger partial charge in [-0.3, -0.25) is 4.79 Å². The lowest BCUT2D eigenvalue weighted by atomic mass is 10.0. The second-order valence-electron chi connectivity index (χ2n) is 4.97. The maximum Gasteiger partial charge on any atom is 0.416 e. The molecule has 1 aromatic carbocycles. The Bertz CT molecular complexity index is 715. The van der Waals surface area contributed by atoms with Crippen molar-refractivity contribution >= 4 is 17.2 Å². The third-order valence-corrected chi connectivity index (χ3v) is 4.18. The van der Waals surface area contributed by atoms with Gasteiger partial charge in [-0.05, 0) is 35.9 Å². The molecule has 0 saturated carbocycles. The third kappa shape index (κ3) is 4.50. The van der Waals surface area contributed by atoms with Gasteiger partial charge in [0, 0.05) is 16.7 Å². The average Bonchev–Trinajstić information content (AvgIpc) is 2.91. The van der Waals surface area contributed by atoms with Crippen LogP contribution in [0.1, 0.15) is 22.9 Å². The number of hydrogen-bond acceptors (Lipinski definition) is 2. The van der Waals surface area contributed by atoms with Crippen molar-refractivity contribution in [2.75, 3.05) is 0 Å². The molecule has 0 saturated heterocycles. The van der Waals surface area contributed by atoms with E-state index in [-0.39, 0.29) is 29.0 Å². The van der Waals surface area contributed by atoms with Crippen LogP contribution in [-0.2, 0) is 23.7 Å². The highest BCUT2D eigenvalue weighted by Crippen LogP contribution is 2.39. The van der Waals surface area contributed by atoms with Gasteiger partial charge in [-0.2, -0.15) is 26.3 Å². The zero-order chi connectivity index (χ0) is 18.1. The van der Waals surface area contributed by atoms with Crippen molar-refractivity contribution in [3.8, 4) is 10.4 Å². The quantitative estimate of drug-likeness (QED) is 0.753. The highest BCUT2D eigenvalue weighted by molar-refractivity contribution is 7.15. The number of rotatable bonds is 3. The van der Waals surface area contributed by atoms with E-state index in [0.717, 1.165) is 11.3 Å². The van der Waals surface area contributed by atoms with E-state index in [9.17, 15) is 31.1 Å². The predicted molar refractivity (Wildman–Crippen MR) is 77.3 cm³/mol. The molecular weight excluding hydrogens is 356 g/mol. The van der Waals surface area contributed by atoms with E-state index in [2.05, 4.69) is 5.32 Å². The van der Waals surface area contributed by atoms with Gasteiger partial charge >= 0.3 is 12.4 Å². The van der Waals surface area contributed by atoms with Crippen LogP contribution in [0, 0.1) is 0 Å². The Morgan fingerprint density at radius 1 is 1.00 bits per heavy atom. The van der Waals surface area contributed by atoms with Gasteiger partial charge in [0.2, 0.25) is 5.91 Å². The van der Waals surface area contributed by atoms with E-state index >= 15 is 0 Å². The lowest BCUT2D eigenvalue weighted by molar-refractivity contribution is -0.143. The maximum absolute atomic E-state index is 12.9. The first-order chi connectivity index (χ1) is 11.0. The maximum atomic E-state index is 12.9. The van der Waals surface area contributed by atoms with Gasteiger partial charge in [-0.1, -0.05) is 0 Å². The summed E-state index contributed by atoms with van der Waals surface area (Å²) in [6, 6.07) is 4.43. The number of carbonyl (C=O) groups is 1. The number of hydrogen-bond donors (Lipinski definition) is 1. The van der Waals surface area contributed by atoms with E-state index in [1.54, 1.807) is 6.07 Å². The molecule has 0 aliphatic carbocycles. The summed E-state index contributed by atoms with van der Waals surface area (Å²) in [7, 11) is 0. The molecule has 0 radical (unpaired) electrons. The van der Waals surface area contributed by atoms with Crippen LogP contribution in [0.3, 0.4) is 0 Å². The van der Waals surface area contributed by atoms with E-state index in [0.29, 0.717) is 17.0 Å². The van der Waals surface area contributed by atoms with Crippen LogP contribution in [0.2, 0.25) is 0 Å². The average molecular weight is 367 g/mol. The smallest absolute Gasteiger partial charge is 0.351 e. The second kappa shape index (κ2) is 6.46. The highest BCUT2D eigenvalue weighted by atomic mass is 32.1. The van der Waals surface area contributed by atoms with E-state index < -0.39 is 23.5 Å². The van der Waals surface area contributed by atoms with Crippen LogP contribution < -0.4 is 5.32 Å². The van der Waals surface area contributed by atoms with Crippen molar-refractivity contribution in [1.82, 2.24) is 5.32 Å². The first-order valence-corrected chi connectivity index (χ1v) is 7.41. The van der Waals surface area contributed by atoms with Crippen LogP contribution in [0.4, 0.5) is 26.3 Å². The topological polar surface area (TPSA) is 29.1 Å². The molecule has 0 fully saturated rings.